The van der Waals surface area contributed by atoms with Gasteiger partial charge in [-0.15, -0.1) is 0 Å². The van der Waals surface area contributed by atoms with Crippen molar-refractivity contribution in [2.75, 3.05) is 24.5 Å². The number of nitrogens with zero attached hydrogens (tertiary/aromatic N) is 5. The molecule has 0 unspecified atom stereocenters. The van der Waals surface area contributed by atoms with Crippen molar-refractivity contribution in [3.63, 3.8) is 0 Å². The topological polar surface area (TPSA) is 91.0 Å². The Balaban J connectivity index is 1.45. The summed E-state index contributed by atoms with van der Waals surface area (Å²) in [5.41, 5.74) is -0.808. The van der Waals surface area contributed by atoms with Crippen LogP contribution in [0.4, 0.5) is 19.0 Å². The number of fused-ring (bicyclic) bond motifs is 1. The lowest BCUT2D eigenvalue weighted by Gasteiger charge is -2.33. The minimum Gasteiger partial charge on any atom is -0.506 e. The molecule has 0 radical (unpaired) electrons. The third-order valence-electron chi connectivity index (χ3n) is 5.75. The third-order valence-corrected chi connectivity index (χ3v) is 6.13. The molecule has 1 saturated carbocycles. The lowest BCUT2D eigenvalue weighted by atomic mass is 10.1. The van der Waals surface area contributed by atoms with Crippen molar-refractivity contribution in [2.45, 2.75) is 24.9 Å². The number of piperazine rings is 1. The lowest BCUT2D eigenvalue weighted by Crippen LogP contribution is -2.52. The smallest absolute Gasteiger partial charge is 0.433 e. The van der Waals surface area contributed by atoms with Crippen molar-refractivity contribution in [3.05, 3.63) is 52.4 Å². The molecule has 12 heteroatoms. The molecule has 3 aromatic rings. The number of hydrogen-bond donors (Lipinski definition) is 1. The zero-order valence-corrected chi connectivity index (χ0v) is 17.8. The average molecular weight is 480 g/mol. The Kier molecular flexibility index (Phi) is 4.96. The van der Waals surface area contributed by atoms with Gasteiger partial charge in [-0.05, 0) is 48.6 Å². The Morgan fingerprint density at radius 1 is 1.18 bits per heavy atom. The molecular formula is C21H17ClF3N5O3. The predicted molar refractivity (Wildman–Crippen MR) is 111 cm³/mol. The second-order valence-corrected chi connectivity index (χ2v) is 8.43. The molecule has 172 valence electrons. The SMILES string of the molecule is O=C(c1nn2c(C(F)(F)F)cc(C3CC3)cc2c1Cl)N1CCN(c2ccc(O)cn2)C(=O)C1. The zero-order chi connectivity index (χ0) is 23.5. The standard InChI is InChI=1S/C21H17ClF3N5O3/c22-18-14-7-12(11-1-2-11)8-15(21(23,24)25)30(14)27-19(18)20(33)28-5-6-29(17(32)10-28)16-4-3-13(31)9-26-16/h3-4,7-9,11,31H,1-2,5-6,10H2. The van der Waals surface area contributed by atoms with E-state index in [1.807, 2.05) is 0 Å². The van der Waals surface area contributed by atoms with Gasteiger partial charge in [0.05, 0.1) is 16.7 Å². The van der Waals surface area contributed by atoms with Crippen LogP contribution in [0.1, 0.15) is 40.5 Å². The zero-order valence-electron chi connectivity index (χ0n) is 17.0. The molecule has 4 heterocycles. The molecule has 2 fully saturated rings. The highest BCUT2D eigenvalue weighted by molar-refractivity contribution is 6.36. The van der Waals surface area contributed by atoms with E-state index in [-0.39, 0.29) is 47.5 Å². The van der Waals surface area contributed by atoms with Gasteiger partial charge >= 0.3 is 6.18 Å². The number of alkyl halides is 3. The molecule has 0 bridgehead atoms. The quantitative estimate of drug-likeness (QED) is 0.621. The van der Waals surface area contributed by atoms with Crippen LogP contribution in [-0.2, 0) is 11.0 Å². The van der Waals surface area contributed by atoms with Gasteiger partial charge in [0, 0.05) is 13.1 Å². The number of pyridine rings is 2. The Hall–Kier alpha value is -3.34. The van der Waals surface area contributed by atoms with Crippen LogP contribution in [0.3, 0.4) is 0 Å². The first-order valence-electron chi connectivity index (χ1n) is 10.2. The highest BCUT2D eigenvalue weighted by Gasteiger charge is 2.38. The van der Waals surface area contributed by atoms with Crippen LogP contribution in [0.15, 0.2) is 30.5 Å². The predicted octanol–water partition coefficient (Wildman–Crippen LogP) is 3.47. The first-order valence-corrected chi connectivity index (χ1v) is 10.6. The summed E-state index contributed by atoms with van der Waals surface area (Å²) in [5.74, 6) is -0.848. The van der Waals surface area contributed by atoms with E-state index in [1.165, 1.54) is 28.1 Å². The second-order valence-electron chi connectivity index (χ2n) is 8.05. The Labute approximate surface area is 190 Å². The molecule has 0 atom stereocenters. The molecule has 1 saturated heterocycles. The molecule has 33 heavy (non-hydrogen) atoms. The Morgan fingerprint density at radius 2 is 1.94 bits per heavy atom. The van der Waals surface area contributed by atoms with Crippen molar-refractivity contribution in [3.8, 4) is 5.75 Å². The number of aromatic hydroxyl groups is 1. The van der Waals surface area contributed by atoms with Gasteiger partial charge in [0.15, 0.2) is 5.69 Å². The fourth-order valence-corrected chi connectivity index (χ4v) is 4.16. The van der Waals surface area contributed by atoms with Crippen LogP contribution in [0.2, 0.25) is 5.02 Å². The fraction of sp³-hybridized carbons (Fsp3) is 0.333. The molecular weight excluding hydrogens is 463 g/mol. The number of halogens is 4. The average Bonchev–Trinajstić information content (AvgIpc) is 3.57. The van der Waals surface area contributed by atoms with Gasteiger partial charge in [-0.2, -0.15) is 18.3 Å². The summed E-state index contributed by atoms with van der Waals surface area (Å²) < 4.78 is 41.7. The van der Waals surface area contributed by atoms with Crippen LogP contribution in [0, 0.1) is 0 Å². The van der Waals surface area contributed by atoms with Crippen molar-refractivity contribution in [1.29, 1.82) is 0 Å². The summed E-state index contributed by atoms with van der Waals surface area (Å²) in [7, 11) is 0. The first-order chi connectivity index (χ1) is 15.6. The highest BCUT2D eigenvalue weighted by Crippen LogP contribution is 2.43. The third kappa shape index (κ3) is 3.86. The van der Waals surface area contributed by atoms with Gasteiger partial charge in [0.1, 0.15) is 23.8 Å². The normalized spacial score (nSPS) is 17.2. The summed E-state index contributed by atoms with van der Waals surface area (Å²) in [6.45, 7) is -0.0885. The highest BCUT2D eigenvalue weighted by atomic mass is 35.5. The number of anilines is 1. The van der Waals surface area contributed by atoms with Crippen molar-refractivity contribution in [2.24, 2.45) is 0 Å². The number of carbonyl (C=O) groups is 2. The maximum Gasteiger partial charge on any atom is 0.433 e. The number of hydrogen-bond acceptors (Lipinski definition) is 5. The number of rotatable bonds is 3. The lowest BCUT2D eigenvalue weighted by molar-refractivity contribution is -0.142. The Morgan fingerprint density at radius 3 is 2.55 bits per heavy atom. The maximum atomic E-state index is 13.7. The van der Waals surface area contributed by atoms with E-state index in [1.54, 1.807) is 6.07 Å². The summed E-state index contributed by atoms with van der Waals surface area (Å²) >= 11 is 6.34. The van der Waals surface area contributed by atoms with E-state index in [0.29, 0.717) is 15.9 Å². The summed E-state index contributed by atoms with van der Waals surface area (Å²) in [4.78, 5) is 32.2. The van der Waals surface area contributed by atoms with Gasteiger partial charge in [-0.25, -0.2) is 9.50 Å². The van der Waals surface area contributed by atoms with Crippen LogP contribution >= 0.6 is 11.6 Å². The Bertz CT molecular complexity index is 1270. The van der Waals surface area contributed by atoms with Gasteiger partial charge in [0.2, 0.25) is 5.91 Å². The molecule has 5 rings (SSSR count). The van der Waals surface area contributed by atoms with Crippen LogP contribution in [0.25, 0.3) is 5.52 Å². The molecule has 2 amide bonds. The van der Waals surface area contributed by atoms with E-state index in [2.05, 4.69) is 10.1 Å². The van der Waals surface area contributed by atoms with Gasteiger partial charge in [0.25, 0.3) is 5.91 Å². The van der Waals surface area contributed by atoms with Crippen LogP contribution in [-0.4, -0.2) is 56.1 Å². The molecule has 1 N–H and O–H groups in total. The molecule has 1 aliphatic heterocycles. The first kappa shape index (κ1) is 21.5. The van der Waals surface area contributed by atoms with Crippen LogP contribution in [0.5, 0.6) is 5.75 Å². The van der Waals surface area contributed by atoms with Crippen molar-refractivity contribution < 1.29 is 27.9 Å². The van der Waals surface area contributed by atoms with Gasteiger partial charge < -0.3 is 10.0 Å². The number of amides is 2. The monoisotopic (exact) mass is 479 g/mol. The molecule has 1 aliphatic carbocycles. The van der Waals surface area contributed by atoms with E-state index in [9.17, 15) is 27.9 Å². The maximum absolute atomic E-state index is 13.7. The largest absolute Gasteiger partial charge is 0.506 e. The molecule has 3 aromatic heterocycles. The summed E-state index contributed by atoms with van der Waals surface area (Å²) in [6, 6.07) is 5.45. The van der Waals surface area contributed by atoms with E-state index >= 15 is 0 Å². The summed E-state index contributed by atoms with van der Waals surface area (Å²) in [5, 5.41) is 13.1. The van der Waals surface area contributed by atoms with E-state index in [0.717, 1.165) is 18.9 Å². The van der Waals surface area contributed by atoms with E-state index < -0.39 is 23.7 Å². The molecule has 0 spiro atoms. The number of carbonyl (C=O) groups excluding carboxylic acids is 2. The van der Waals surface area contributed by atoms with Crippen molar-refractivity contribution >= 4 is 34.7 Å². The van der Waals surface area contributed by atoms with E-state index in [4.69, 9.17) is 11.6 Å². The van der Waals surface area contributed by atoms with Gasteiger partial charge in [-0.1, -0.05) is 11.6 Å². The molecule has 8 nitrogen and oxygen atoms in total. The second kappa shape index (κ2) is 7.62. The molecule has 2 aliphatic rings. The summed E-state index contributed by atoms with van der Waals surface area (Å²) in [6.07, 6.45) is -1.89. The molecule has 0 aromatic carbocycles. The minimum atomic E-state index is -4.68. The van der Waals surface area contributed by atoms with Crippen molar-refractivity contribution in [1.82, 2.24) is 19.5 Å². The number of aromatic nitrogens is 3. The van der Waals surface area contributed by atoms with Crippen LogP contribution < -0.4 is 4.90 Å². The minimum absolute atomic E-state index is 0.00926. The fourth-order valence-electron chi connectivity index (χ4n) is 3.91. The van der Waals surface area contributed by atoms with Gasteiger partial charge in [-0.3, -0.25) is 14.5 Å².